The van der Waals surface area contributed by atoms with Crippen molar-refractivity contribution < 1.29 is 4.74 Å². The summed E-state index contributed by atoms with van der Waals surface area (Å²) in [6.07, 6.45) is 2.12. The van der Waals surface area contributed by atoms with Crippen LogP contribution in [-0.2, 0) is 13.5 Å². The number of rotatable bonds is 7. The van der Waals surface area contributed by atoms with Crippen LogP contribution in [0.1, 0.15) is 22.6 Å². The molecule has 4 rings (SSSR count). The van der Waals surface area contributed by atoms with Crippen molar-refractivity contribution in [1.29, 1.82) is 0 Å². The van der Waals surface area contributed by atoms with Gasteiger partial charge in [-0.05, 0) is 38.1 Å². The molecule has 0 aliphatic heterocycles. The van der Waals surface area contributed by atoms with Crippen LogP contribution in [0.25, 0.3) is 5.65 Å². The van der Waals surface area contributed by atoms with E-state index in [-0.39, 0.29) is 5.56 Å². The van der Waals surface area contributed by atoms with E-state index in [0.29, 0.717) is 24.2 Å². The summed E-state index contributed by atoms with van der Waals surface area (Å²) in [4.78, 5) is 17.4. The number of thioether (sulfide) groups is 1. The quantitative estimate of drug-likeness (QED) is 0.337. The largest absolute Gasteiger partial charge is 0.493 e. The van der Waals surface area contributed by atoms with Crippen LogP contribution >= 0.6 is 11.8 Å². The average molecular weight is 422 g/mol. The fourth-order valence-corrected chi connectivity index (χ4v) is 3.90. The van der Waals surface area contributed by atoms with Crippen molar-refractivity contribution in [2.45, 2.75) is 25.4 Å². The monoisotopic (exact) mass is 421 g/mol. The third kappa shape index (κ3) is 4.23. The van der Waals surface area contributed by atoms with Gasteiger partial charge in [0, 0.05) is 36.7 Å². The van der Waals surface area contributed by atoms with Crippen LogP contribution in [-0.4, -0.2) is 36.5 Å². The zero-order valence-electron chi connectivity index (χ0n) is 17.2. The Morgan fingerprint density at radius 3 is 2.67 bits per heavy atom. The summed E-state index contributed by atoms with van der Waals surface area (Å²) in [6.45, 7) is 4.48. The minimum absolute atomic E-state index is 0.0678. The predicted octanol–water partition coefficient (Wildman–Crippen LogP) is 3.20. The lowest BCUT2D eigenvalue weighted by atomic mass is 10.1. The first-order valence-corrected chi connectivity index (χ1v) is 10.7. The van der Waals surface area contributed by atoms with Crippen LogP contribution in [0, 0.1) is 13.8 Å². The van der Waals surface area contributed by atoms with Gasteiger partial charge in [0.05, 0.1) is 6.61 Å². The SMILES string of the molecule is Cc1ccc(OCCSc2nnc(Cc3c(C)nc4ccccn4c3=O)n2C)cc1. The van der Waals surface area contributed by atoms with Crippen molar-refractivity contribution in [3.05, 3.63) is 81.7 Å². The standard InChI is InChI=1S/C22H23N5O2S/c1-15-7-9-17(10-8-15)29-12-13-30-22-25-24-20(26(22)3)14-18-16(2)23-19-6-4-5-11-27(19)21(18)28/h4-11H,12-14H2,1-3H3. The highest BCUT2D eigenvalue weighted by atomic mass is 32.2. The molecule has 30 heavy (non-hydrogen) atoms. The molecule has 8 heteroatoms. The van der Waals surface area contributed by atoms with Crippen molar-refractivity contribution in [2.75, 3.05) is 12.4 Å². The molecule has 154 valence electrons. The Morgan fingerprint density at radius 2 is 1.87 bits per heavy atom. The normalized spacial score (nSPS) is 11.2. The number of fused-ring (bicyclic) bond motifs is 1. The molecule has 0 saturated carbocycles. The fourth-order valence-electron chi connectivity index (χ4n) is 3.15. The van der Waals surface area contributed by atoms with E-state index < -0.39 is 0 Å². The first kappa shape index (κ1) is 20.2. The number of ether oxygens (including phenoxy) is 1. The van der Waals surface area contributed by atoms with E-state index in [9.17, 15) is 4.79 Å². The highest BCUT2D eigenvalue weighted by Gasteiger charge is 2.15. The molecule has 0 fully saturated rings. The molecule has 0 aliphatic carbocycles. The lowest BCUT2D eigenvalue weighted by Crippen LogP contribution is -2.22. The zero-order valence-corrected chi connectivity index (χ0v) is 18.0. The summed E-state index contributed by atoms with van der Waals surface area (Å²) in [7, 11) is 1.92. The molecule has 0 radical (unpaired) electrons. The van der Waals surface area contributed by atoms with Gasteiger partial charge < -0.3 is 9.30 Å². The molecule has 0 N–H and O–H groups in total. The Labute approximate surface area is 178 Å². The number of nitrogens with zero attached hydrogens (tertiary/aromatic N) is 5. The zero-order chi connectivity index (χ0) is 21.1. The molecule has 0 saturated heterocycles. The summed E-state index contributed by atoms with van der Waals surface area (Å²) in [5, 5.41) is 9.37. The summed E-state index contributed by atoms with van der Waals surface area (Å²) in [6, 6.07) is 13.5. The number of aromatic nitrogens is 5. The average Bonchev–Trinajstić information content (AvgIpc) is 3.09. The van der Waals surface area contributed by atoms with E-state index in [1.165, 1.54) is 5.56 Å². The first-order valence-electron chi connectivity index (χ1n) is 9.70. The Morgan fingerprint density at radius 1 is 1.07 bits per heavy atom. The molecule has 0 atom stereocenters. The Kier molecular flexibility index (Phi) is 5.85. The Bertz CT molecular complexity index is 1230. The van der Waals surface area contributed by atoms with Crippen LogP contribution in [0.15, 0.2) is 58.6 Å². The van der Waals surface area contributed by atoms with Gasteiger partial charge in [-0.25, -0.2) is 4.98 Å². The van der Waals surface area contributed by atoms with Crippen molar-refractivity contribution in [3.63, 3.8) is 0 Å². The fraction of sp³-hybridized carbons (Fsp3) is 0.273. The van der Waals surface area contributed by atoms with Gasteiger partial charge in [-0.2, -0.15) is 0 Å². The summed E-state index contributed by atoms with van der Waals surface area (Å²) < 4.78 is 9.26. The number of hydrogen-bond acceptors (Lipinski definition) is 6. The van der Waals surface area contributed by atoms with Crippen LogP contribution in [0.2, 0.25) is 0 Å². The highest BCUT2D eigenvalue weighted by molar-refractivity contribution is 7.99. The van der Waals surface area contributed by atoms with E-state index in [2.05, 4.69) is 22.1 Å². The topological polar surface area (TPSA) is 74.3 Å². The Hall–Kier alpha value is -3.13. The van der Waals surface area contributed by atoms with Crippen LogP contribution < -0.4 is 10.3 Å². The summed E-state index contributed by atoms with van der Waals surface area (Å²) in [5.41, 5.74) is 3.14. The molecule has 0 aliphatic rings. The van der Waals surface area contributed by atoms with Gasteiger partial charge in [-0.15, -0.1) is 10.2 Å². The second kappa shape index (κ2) is 8.71. The maximum atomic E-state index is 12.9. The molecule has 0 unspecified atom stereocenters. The maximum Gasteiger partial charge on any atom is 0.261 e. The summed E-state index contributed by atoms with van der Waals surface area (Å²) >= 11 is 1.58. The van der Waals surface area contributed by atoms with Gasteiger partial charge in [0.25, 0.3) is 5.56 Å². The molecule has 0 spiro atoms. The second-order valence-corrected chi connectivity index (χ2v) is 8.12. The van der Waals surface area contributed by atoms with E-state index in [0.717, 1.165) is 28.2 Å². The lowest BCUT2D eigenvalue weighted by Gasteiger charge is -2.08. The van der Waals surface area contributed by atoms with E-state index >= 15 is 0 Å². The highest BCUT2D eigenvalue weighted by Crippen LogP contribution is 2.18. The predicted molar refractivity (Wildman–Crippen MR) is 117 cm³/mol. The van der Waals surface area contributed by atoms with E-state index in [4.69, 9.17) is 4.74 Å². The van der Waals surface area contributed by atoms with Crippen molar-refractivity contribution in [1.82, 2.24) is 24.1 Å². The van der Waals surface area contributed by atoms with E-state index in [1.807, 2.05) is 61.0 Å². The lowest BCUT2D eigenvalue weighted by molar-refractivity contribution is 0.343. The third-order valence-corrected chi connectivity index (χ3v) is 5.88. The van der Waals surface area contributed by atoms with Crippen LogP contribution in [0.4, 0.5) is 0 Å². The minimum Gasteiger partial charge on any atom is -0.493 e. The number of aryl methyl sites for hydroxylation is 2. The third-order valence-electron chi connectivity index (χ3n) is 4.90. The molecule has 0 bridgehead atoms. The van der Waals surface area contributed by atoms with Crippen molar-refractivity contribution in [2.24, 2.45) is 7.05 Å². The van der Waals surface area contributed by atoms with Crippen molar-refractivity contribution in [3.8, 4) is 5.75 Å². The van der Waals surface area contributed by atoms with Crippen LogP contribution in [0.3, 0.4) is 0 Å². The smallest absolute Gasteiger partial charge is 0.261 e. The molecule has 3 heterocycles. The molecular weight excluding hydrogens is 398 g/mol. The van der Waals surface area contributed by atoms with E-state index in [1.54, 1.807) is 22.4 Å². The van der Waals surface area contributed by atoms with Gasteiger partial charge in [-0.1, -0.05) is 35.5 Å². The van der Waals surface area contributed by atoms with Gasteiger partial charge in [0.2, 0.25) is 0 Å². The minimum atomic E-state index is -0.0678. The number of benzene rings is 1. The van der Waals surface area contributed by atoms with Crippen molar-refractivity contribution >= 4 is 17.4 Å². The molecule has 1 aromatic carbocycles. The first-order chi connectivity index (χ1) is 14.5. The Balaban J connectivity index is 1.43. The molecule has 3 aromatic heterocycles. The van der Waals surface area contributed by atoms with Crippen LogP contribution in [0.5, 0.6) is 5.75 Å². The second-order valence-electron chi connectivity index (χ2n) is 7.05. The van der Waals surface area contributed by atoms with Gasteiger partial charge in [-0.3, -0.25) is 9.20 Å². The number of pyridine rings is 1. The number of hydrogen-bond donors (Lipinski definition) is 0. The summed E-state index contributed by atoms with van der Waals surface area (Å²) in [5.74, 6) is 2.34. The molecule has 0 amide bonds. The maximum absolute atomic E-state index is 12.9. The van der Waals surface area contributed by atoms with Gasteiger partial charge in [0.15, 0.2) is 5.16 Å². The molecule has 4 aromatic rings. The van der Waals surface area contributed by atoms with Gasteiger partial charge in [0.1, 0.15) is 17.2 Å². The molecular formula is C22H23N5O2S. The molecule has 7 nitrogen and oxygen atoms in total. The van der Waals surface area contributed by atoms with Gasteiger partial charge >= 0.3 is 0 Å².